The van der Waals surface area contributed by atoms with Crippen LogP contribution in [0.4, 0.5) is 0 Å². The standard InChI is InChI=1S/C40H40O3/c1-5-29-39(4,6-2)43-37-27-23-35(24-28-37)40(32-15-11-8-12-16-32,33-19-17-30(3)18-20-33)34-21-25-36(26-22-34)42-38(41)31-13-9-7-10-14-31/h7-28H,5-6,29H2,1-4H3. The fourth-order valence-electron chi connectivity index (χ4n) is 5.89. The zero-order valence-corrected chi connectivity index (χ0v) is 25.5. The summed E-state index contributed by atoms with van der Waals surface area (Å²) in [6, 6.07) is 44.9. The second-order valence-electron chi connectivity index (χ2n) is 11.4. The highest BCUT2D eigenvalue weighted by Gasteiger charge is 2.38. The Morgan fingerprint density at radius 1 is 0.605 bits per heavy atom. The van der Waals surface area contributed by atoms with Crippen molar-refractivity contribution in [2.24, 2.45) is 0 Å². The Hall–Kier alpha value is -4.63. The van der Waals surface area contributed by atoms with Crippen molar-refractivity contribution in [1.82, 2.24) is 0 Å². The Kier molecular flexibility index (Phi) is 9.11. The number of carbonyl (C=O) groups excluding carboxylic acids is 1. The number of benzene rings is 5. The average molecular weight is 569 g/mol. The van der Waals surface area contributed by atoms with Gasteiger partial charge in [0.15, 0.2) is 0 Å². The summed E-state index contributed by atoms with van der Waals surface area (Å²) >= 11 is 0. The van der Waals surface area contributed by atoms with Gasteiger partial charge in [0.05, 0.1) is 11.0 Å². The van der Waals surface area contributed by atoms with E-state index in [1.807, 2.05) is 36.4 Å². The van der Waals surface area contributed by atoms with Gasteiger partial charge >= 0.3 is 5.97 Å². The van der Waals surface area contributed by atoms with Gasteiger partial charge < -0.3 is 9.47 Å². The van der Waals surface area contributed by atoms with E-state index >= 15 is 0 Å². The van der Waals surface area contributed by atoms with E-state index in [1.165, 1.54) is 5.56 Å². The van der Waals surface area contributed by atoms with Gasteiger partial charge in [0.1, 0.15) is 17.1 Å². The highest BCUT2D eigenvalue weighted by Crippen LogP contribution is 2.46. The van der Waals surface area contributed by atoms with Crippen LogP contribution in [0.2, 0.25) is 0 Å². The Balaban J connectivity index is 1.62. The molecule has 3 nitrogen and oxygen atoms in total. The topological polar surface area (TPSA) is 35.5 Å². The third-order valence-electron chi connectivity index (χ3n) is 8.38. The predicted octanol–water partition coefficient (Wildman–Crippen LogP) is 9.94. The molecule has 0 saturated carbocycles. The lowest BCUT2D eigenvalue weighted by Crippen LogP contribution is -2.32. The van der Waals surface area contributed by atoms with E-state index in [1.54, 1.807) is 12.1 Å². The van der Waals surface area contributed by atoms with Crippen LogP contribution >= 0.6 is 0 Å². The second kappa shape index (κ2) is 13.1. The smallest absolute Gasteiger partial charge is 0.343 e. The number of rotatable bonds is 11. The lowest BCUT2D eigenvalue weighted by molar-refractivity contribution is 0.0731. The van der Waals surface area contributed by atoms with Gasteiger partial charge in [0.2, 0.25) is 0 Å². The minimum absolute atomic E-state index is 0.198. The number of ether oxygens (including phenoxy) is 2. The summed E-state index contributed by atoms with van der Waals surface area (Å²) in [7, 11) is 0. The molecule has 0 aliphatic rings. The summed E-state index contributed by atoms with van der Waals surface area (Å²) < 4.78 is 12.3. The molecule has 0 amide bonds. The van der Waals surface area contributed by atoms with E-state index in [9.17, 15) is 4.79 Å². The van der Waals surface area contributed by atoms with Crippen LogP contribution in [-0.4, -0.2) is 11.6 Å². The van der Waals surface area contributed by atoms with E-state index < -0.39 is 5.41 Å². The average Bonchev–Trinajstić information content (AvgIpc) is 3.05. The molecule has 2 unspecified atom stereocenters. The minimum atomic E-state index is -0.618. The van der Waals surface area contributed by atoms with Crippen molar-refractivity contribution in [3.05, 3.63) is 167 Å². The maximum Gasteiger partial charge on any atom is 0.343 e. The van der Waals surface area contributed by atoms with Gasteiger partial charge in [-0.05, 0) is 85.3 Å². The lowest BCUT2D eigenvalue weighted by atomic mass is 9.65. The van der Waals surface area contributed by atoms with Crippen molar-refractivity contribution in [2.45, 2.75) is 58.0 Å². The molecule has 5 aromatic rings. The summed E-state index contributed by atoms with van der Waals surface area (Å²) in [6.07, 6.45) is 3.02. The fourth-order valence-corrected chi connectivity index (χ4v) is 5.89. The Bertz CT molecular complexity index is 1610. The summed E-state index contributed by atoms with van der Waals surface area (Å²) in [5, 5.41) is 0. The zero-order valence-electron chi connectivity index (χ0n) is 25.5. The molecule has 0 aromatic heterocycles. The van der Waals surface area contributed by atoms with Gasteiger partial charge in [0.25, 0.3) is 0 Å². The SMILES string of the molecule is CCCC(C)(CC)Oc1ccc(C(c2ccccc2)(c2ccc(C)cc2)c2ccc(OC(=O)c3ccccc3)cc2)cc1. The van der Waals surface area contributed by atoms with Gasteiger partial charge in [-0.25, -0.2) is 4.79 Å². The molecule has 5 rings (SSSR count). The zero-order chi connectivity index (χ0) is 30.3. The first kappa shape index (κ1) is 29.8. The highest BCUT2D eigenvalue weighted by atomic mass is 16.5. The summed E-state index contributed by atoms with van der Waals surface area (Å²) in [5.74, 6) is 0.997. The quantitative estimate of drug-likeness (QED) is 0.0903. The normalized spacial score (nSPS) is 13.9. The third kappa shape index (κ3) is 6.41. The molecule has 0 heterocycles. The van der Waals surface area contributed by atoms with Crippen LogP contribution in [0.1, 0.15) is 78.2 Å². The molecule has 2 atom stereocenters. The Labute approximate surface area is 256 Å². The first-order valence-corrected chi connectivity index (χ1v) is 15.2. The summed E-state index contributed by atoms with van der Waals surface area (Å²) in [4.78, 5) is 12.8. The van der Waals surface area contributed by atoms with Crippen LogP contribution in [0.25, 0.3) is 0 Å². The first-order valence-electron chi connectivity index (χ1n) is 15.2. The van der Waals surface area contributed by atoms with Crippen LogP contribution in [0.3, 0.4) is 0 Å². The molecule has 5 aromatic carbocycles. The monoisotopic (exact) mass is 568 g/mol. The molecule has 0 N–H and O–H groups in total. The molecule has 0 spiro atoms. The third-order valence-corrected chi connectivity index (χ3v) is 8.38. The first-order chi connectivity index (χ1) is 20.9. The van der Waals surface area contributed by atoms with Crippen LogP contribution in [0, 0.1) is 6.92 Å². The van der Waals surface area contributed by atoms with Gasteiger partial charge in [0, 0.05) is 0 Å². The molecule has 0 bridgehead atoms. The molecule has 0 fully saturated rings. The predicted molar refractivity (Wildman–Crippen MR) is 175 cm³/mol. The highest BCUT2D eigenvalue weighted by molar-refractivity contribution is 5.91. The van der Waals surface area contributed by atoms with E-state index in [0.717, 1.165) is 47.3 Å². The number of esters is 1. The van der Waals surface area contributed by atoms with Gasteiger partial charge in [-0.3, -0.25) is 0 Å². The number of carbonyl (C=O) groups is 1. The van der Waals surface area contributed by atoms with E-state index in [4.69, 9.17) is 9.47 Å². The van der Waals surface area contributed by atoms with Crippen molar-refractivity contribution in [3.8, 4) is 11.5 Å². The molecule has 3 heteroatoms. The Morgan fingerprint density at radius 2 is 1.07 bits per heavy atom. The minimum Gasteiger partial charge on any atom is -0.488 e. The van der Waals surface area contributed by atoms with Crippen LogP contribution in [0.15, 0.2) is 133 Å². The molecular formula is C40H40O3. The van der Waals surface area contributed by atoms with Crippen molar-refractivity contribution in [2.75, 3.05) is 0 Å². The van der Waals surface area contributed by atoms with Crippen LogP contribution in [-0.2, 0) is 5.41 Å². The number of hydrogen-bond donors (Lipinski definition) is 0. The van der Waals surface area contributed by atoms with Crippen molar-refractivity contribution in [3.63, 3.8) is 0 Å². The molecule has 43 heavy (non-hydrogen) atoms. The fraction of sp³-hybridized carbons (Fsp3) is 0.225. The molecule has 0 aliphatic carbocycles. The van der Waals surface area contributed by atoms with E-state index in [2.05, 4.69) is 113 Å². The van der Waals surface area contributed by atoms with Crippen LogP contribution < -0.4 is 9.47 Å². The van der Waals surface area contributed by atoms with Gasteiger partial charge in [-0.15, -0.1) is 0 Å². The lowest BCUT2D eigenvalue weighted by Gasteiger charge is -2.37. The summed E-state index contributed by atoms with van der Waals surface area (Å²) in [6.45, 7) is 8.68. The van der Waals surface area contributed by atoms with Gasteiger partial charge in [-0.1, -0.05) is 123 Å². The molecule has 218 valence electrons. The largest absolute Gasteiger partial charge is 0.488 e. The van der Waals surface area contributed by atoms with E-state index in [-0.39, 0.29) is 11.6 Å². The molecule has 0 saturated heterocycles. The Morgan fingerprint density at radius 3 is 1.58 bits per heavy atom. The second-order valence-corrected chi connectivity index (χ2v) is 11.4. The van der Waals surface area contributed by atoms with Gasteiger partial charge in [-0.2, -0.15) is 0 Å². The number of hydrogen-bond acceptors (Lipinski definition) is 3. The molecular weight excluding hydrogens is 528 g/mol. The molecule has 0 aliphatic heterocycles. The molecule has 0 radical (unpaired) electrons. The van der Waals surface area contributed by atoms with Crippen molar-refractivity contribution in [1.29, 1.82) is 0 Å². The summed E-state index contributed by atoms with van der Waals surface area (Å²) in [5.41, 5.74) is 5.39. The maximum atomic E-state index is 12.8. The van der Waals surface area contributed by atoms with Crippen molar-refractivity contribution >= 4 is 5.97 Å². The maximum absolute atomic E-state index is 12.8. The van der Waals surface area contributed by atoms with E-state index in [0.29, 0.717) is 11.3 Å². The van der Waals surface area contributed by atoms with Crippen molar-refractivity contribution < 1.29 is 14.3 Å². The van der Waals surface area contributed by atoms with Crippen LogP contribution in [0.5, 0.6) is 11.5 Å². The number of aryl methyl sites for hydroxylation is 1.